The molecule has 1 amide bonds. The van der Waals surface area contributed by atoms with Gasteiger partial charge in [-0.25, -0.2) is 5.43 Å². The van der Waals surface area contributed by atoms with Gasteiger partial charge in [0.05, 0.1) is 17.5 Å². The lowest BCUT2D eigenvalue weighted by Crippen LogP contribution is -2.19. The van der Waals surface area contributed by atoms with Gasteiger partial charge in [-0.3, -0.25) is 9.36 Å². The molecule has 3 heterocycles. The zero-order valence-electron chi connectivity index (χ0n) is 16.5. The molecular weight excluding hydrogens is 366 g/mol. The summed E-state index contributed by atoms with van der Waals surface area (Å²) in [7, 11) is 0. The molecule has 29 heavy (non-hydrogen) atoms. The molecule has 0 unspecified atom stereocenters. The van der Waals surface area contributed by atoms with Gasteiger partial charge in [-0.05, 0) is 51.1 Å². The van der Waals surface area contributed by atoms with Gasteiger partial charge in [0.2, 0.25) is 0 Å². The van der Waals surface area contributed by atoms with Crippen molar-refractivity contribution < 1.29 is 9.32 Å². The Bertz CT molecular complexity index is 1180. The van der Waals surface area contributed by atoms with Crippen molar-refractivity contribution in [3.63, 3.8) is 0 Å². The van der Waals surface area contributed by atoms with Crippen molar-refractivity contribution in [1.29, 1.82) is 0 Å². The van der Waals surface area contributed by atoms with E-state index < -0.39 is 0 Å². The maximum absolute atomic E-state index is 12.7. The van der Waals surface area contributed by atoms with E-state index in [1.165, 1.54) is 0 Å². The molecule has 0 saturated heterocycles. The Morgan fingerprint density at radius 1 is 1.10 bits per heavy atom. The van der Waals surface area contributed by atoms with Gasteiger partial charge in [-0.1, -0.05) is 17.3 Å². The van der Waals surface area contributed by atoms with E-state index in [1.807, 2.05) is 84.8 Å². The fraction of sp³-hybridized carbons (Fsp3) is 0.136. The number of nitrogens with one attached hydrogen (secondary N) is 1. The second kappa shape index (κ2) is 7.63. The number of benzene rings is 1. The van der Waals surface area contributed by atoms with Crippen molar-refractivity contribution >= 4 is 12.1 Å². The fourth-order valence-electron chi connectivity index (χ4n) is 3.34. The molecule has 0 bridgehead atoms. The molecule has 0 saturated carbocycles. The summed E-state index contributed by atoms with van der Waals surface area (Å²) < 4.78 is 9.06. The topological polar surface area (TPSA) is 77.4 Å². The average Bonchev–Trinajstić information content (AvgIpc) is 3.44. The highest BCUT2D eigenvalue weighted by Gasteiger charge is 2.13. The van der Waals surface area contributed by atoms with Crippen LogP contribution in [0.25, 0.3) is 11.5 Å². The predicted octanol–water partition coefficient (Wildman–Crippen LogP) is 3.95. The van der Waals surface area contributed by atoms with Crippen molar-refractivity contribution in [3.8, 4) is 11.5 Å². The molecule has 0 aliphatic heterocycles. The molecule has 0 aliphatic rings. The first-order valence-corrected chi connectivity index (χ1v) is 9.23. The van der Waals surface area contributed by atoms with E-state index in [0.29, 0.717) is 5.56 Å². The van der Waals surface area contributed by atoms with Crippen molar-refractivity contribution in [2.75, 3.05) is 0 Å². The van der Waals surface area contributed by atoms with Crippen LogP contribution in [0.3, 0.4) is 0 Å². The Labute approximate surface area is 168 Å². The van der Waals surface area contributed by atoms with Crippen molar-refractivity contribution in [3.05, 3.63) is 89.2 Å². The van der Waals surface area contributed by atoms with Crippen molar-refractivity contribution in [1.82, 2.24) is 19.7 Å². The van der Waals surface area contributed by atoms with Gasteiger partial charge in [0.25, 0.3) is 5.91 Å². The number of para-hydroxylation sites is 1. The SMILES string of the molecule is Cc1cc(-n2c(C)cc(/C=N\NC(=O)c3ccccc3-n3cccc3)c2C)no1. The third-order valence-electron chi connectivity index (χ3n) is 4.72. The van der Waals surface area contributed by atoms with Gasteiger partial charge in [-0.2, -0.15) is 5.10 Å². The molecule has 146 valence electrons. The third-order valence-corrected chi connectivity index (χ3v) is 4.72. The van der Waals surface area contributed by atoms with Crippen LogP contribution >= 0.6 is 0 Å². The number of carbonyl (C=O) groups excluding carboxylic acids is 1. The summed E-state index contributed by atoms with van der Waals surface area (Å²) in [6, 6.07) is 15.1. The number of nitrogens with zero attached hydrogens (tertiary/aromatic N) is 4. The maximum atomic E-state index is 12.7. The quantitative estimate of drug-likeness (QED) is 0.416. The summed E-state index contributed by atoms with van der Waals surface area (Å²) >= 11 is 0. The van der Waals surface area contributed by atoms with E-state index in [9.17, 15) is 4.79 Å². The van der Waals surface area contributed by atoms with Gasteiger partial charge < -0.3 is 9.09 Å². The summed E-state index contributed by atoms with van der Waals surface area (Å²) in [5.74, 6) is 1.20. The molecule has 0 atom stereocenters. The molecule has 1 aromatic carbocycles. The Balaban J connectivity index is 1.54. The molecule has 4 rings (SSSR count). The molecule has 7 nitrogen and oxygen atoms in total. The Morgan fingerprint density at radius 3 is 2.59 bits per heavy atom. The number of aryl methyl sites for hydroxylation is 2. The largest absolute Gasteiger partial charge is 0.360 e. The number of hydrazone groups is 1. The molecular formula is C22H21N5O2. The van der Waals surface area contributed by atoms with Crippen LogP contribution in [0, 0.1) is 20.8 Å². The molecule has 0 fully saturated rings. The number of hydrogen-bond acceptors (Lipinski definition) is 4. The lowest BCUT2D eigenvalue weighted by Gasteiger charge is -2.09. The van der Waals surface area contributed by atoms with E-state index in [2.05, 4.69) is 15.7 Å². The van der Waals surface area contributed by atoms with Gasteiger partial charge >= 0.3 is 0 Å². The summed E-state index contributed by atoms with van der Waals surface area (Å²) in [5, 5.41) is 8.24. The zero-order chi connectivity index (χ0) is 20.4. The number of amides is 1. The van der Waals surface area contributed by atoms with Gasteiger partial charge in [0.1, 0.15) is 5.76 Å². The second-order valence-electron chi connectivity index (χ2n) is 6.76. The highest BCUT2D eigenvalue weighted by Crippen LogP contribution is 2.19. The summed E-state index contributed by atoms with van der Waals surface area (Å²) in [6.07, 6.45) is 5.44. The van der Waals surface area contributed by atoms with E-state index >= 15 is 0 Å². The lowest BCUT2D eigenvalue weighted by molar-refractivity contribution is 0.0955. The standard InChI is InChI=1S/C22H21N5O2/c1-15-12-18(17(3)27(15)21-13-16(2)29-25-21)14-23-24-22(28)19-8-4-5-9-20(19)26-10-6-7-11-26/h4-14H,1-3H3,(H,24,28)/b23-14-. The molecule has 7 heteroatoms. The Kier molecular flexibility index (Phi) is 4.87. The first-order valence-electron chi connectivity index (χ1n) is 9.23. The molecule has 0 spiro atoms. The molecule has 1 N–H and O–H groups in total. The lowest BCUT2D eigenvalue weighted by atomic mass is 10.1. The van der Waals surface area contributed by atoms with Crippen LogP contribution in [0.5, 0.6) is 0 Å². The van der Waals surface area contributed by atoms with Crippen LogP contribution in [0.4, 0.5) is 0 Å². The Hall–Kier alpha value is -3.87. The monoisotopic (exact) mass is 387 g/mol. The number of carbonyl (C=O) groups is 1. The minimum absolute atomic E-state index is 0.272. The molecule has 4 aromatic rings. The van der Waals surface area contributed by atoms with Crippen molar-refractivity contribution in [2.24, 2.45) is 5.10 Å². The maximum Gasteiger partial charge on any atom is 0.273 e. The normalized spacial score (nSPS) is 11.3. The van der Waals surface area contributed by atoms with E-state index in [0.717, 1.165) is 34.2 Å². The third kappa shape index (κ3) is 3.62. The van der Waals surface area contributed by atoms with Crippen LogP contribution < -0.4 is 5.43 Å². The predicted molar refractivity (Wildman–Crippen MR) is 111 cm³/mol. The van der Waals surface area contributed by atoms with Crippen LogP contribution in [0.2, 0.25) is 0 Å². The Morgan fingerprint density at radius 2 is 1.86 bits per heavy atom. The van der Waals surface area contributed by atoms with Gasteiger partial charge in [0, 0.05) is 35.4 Å². The van der Waals surface area contributed by atoms with Crippen LogP contribution in [-0.4, -0.2) is 26.4 Å². The van der Waals surface area contributed by atoms with E-state index in [4.69, 9.17) is 4.52 Å². The number of aromatic nitrogens is 3. The summed E-state index contributed by atoms with van der Waals surface area (Å²) in [5.41, 5.74) is 6.82. The minimum atomic E-state index is -0.272. The summed E-state index contributed by atoms with van der Waals surface area (Å²) in [4.78, 5) is 12.7. The van der Waals surface area contributed by atoms with Crippen molar-refractivity contribution in [2.45, 2.75) is 20.8 Å². The molecule has 0 radical (unpaired) electrons. The van der Waals surface area contributed by atoms with E-state index in [-0.39, 0.29) is 5.91 Å². The van der Waals surface area contributed by atoms with Gasteiger partial charge in [0.15, 0.2) is 5.82 Å². The van der Waals surface area contributed by atoms with Crippen LogP contribution in [-0.2, 0) is 0 Å². The number of rotatable bonds is 5. The second-order valence-corrected chi connectivity index (χ2v) is 6.76. The average molecular weight is 387 g/mol. The van der Waals surface area contributed by atoms with Gasteiger partial charge in [-0.15, -0.1) is 0 Å². The molecule has 3 aromatic heterocycles. The van der Waals surface area contributed by atoms with Crippen LogP contribution in [0.1, 0.15) is 33.1 Å². The molecule has 0 aliphatic carbocycles. The first kappa shape index (κ1) is 18.5. The highest BCUT2D eigenvalue weighted by atomic mass is 16.5. The van der Waals surface area contributed by atoms with Crippen LogP contribution in [0.15, 0.2) is 70.5 Å². The zero-order valence-corrected chi connectivity index (χ0v) is 16.5. The first-order chi connectivity index (χ1) is 14.0. The smallest absolute Gasteiger partial charge is 0.273 e. The highest BCUT2D eigenvalue weighted by molar-refractivity contribution is 5.98. The number of hydrogen-bond donors (Lipinski definition) is 1. The van der Waals surface area contributed by atoms with E-state index in [1.54, 1.807) is 12.3 Å². The fourth-order valence-corrected chi connectivity index (χ4v) is 3.34. The summed E-state index contributed by atoms with van der Waals surface area (Å²) in [6.45, 7) is 5.82. The minimum Gasteiger partial charge on any atom is -0.360 e.